The number of nitrogens with one attached hydrogen (secondary N) is 1. The second-order valence-corrected chi connectivity index (χ2v) is 3.43. The van der Waals surface area contributed by atoms with Gasteiger partial charge in [0.05, 0.1) is 19.3 Å². The van der Waals surface area contributed by atoms with Crippen molar-refractivity contribution >= 4 is 0 Å². The van der Waals surface area contributed by atoms with E-state index in [0.29, 0.717) is 19.3 Å². The number of hydrogen-bond acceptors (Lipinski definition) is 4. The average Bonchev–Trinajstić information content (AvgIpc) is 2.22. The maximum absolute atomic E-state index is 5.39. The Morgan fingerprint density at radius 3 is 2.67 bits per heavy atom. The molecule has 0 saturated carbocycles. The second kappa shape index (κ2) is 11.9. The lowest BCUT2D eigenvalue weighted by atomic mass is 10.4. The highest BCUT2D eigenvalue weighted by Gasteiger charge is 1.98. The fourth-order valence-corrected chi connectivity index (χ4v) is 1.19. The van der Waals surface area contributed by atoms with Gasteiger partial charge in [-0.3, -0.25) is 0 Å². The average molecular weight is 219 g/mol. The van der Waals surface area contributed by atoms with Crippen LogP contribution >= 0.6 is 0 Å². The summed E-state index contributed by atoms with van der Waals surface area (Å²) in [7, 11) is 1.68. The molecule has 0 radical (unpaired) electrons. The van der Waals surface area contributed by atoms with Crippen LogP contribution in [0.4, 0.5) is 0 Å². The molecule has 0 aromatic rings. The van der Waals surface area contributed by atoms with Crippen molar-refractivity contribution < 1.29 is 14.2 Å². The molecule has 92 valence electrons. The third kappa shape index (κ3) is 11.8. The molecule has 0 spiro atoms. The van der Waals surface area contributed by atoms with Gasteiger partial charge in [-0.25, -0.2) is 0 Å². The van der Waals surface area contributed by atoms with Gasteiger partial charge < -0.3 is 19.5 Å². The first kappa shape index (κ1) is 14.8. The van der Waals surface area contributed by atoms with Crippen LogP contribution in [0.25, 0.3) is 0 Å². The van der Waals surface area contributed by atoms with Crippen LogP contribution in [0.5, 0.6) is 0 Å². The van der Waals surface area contributed by atoms with Gasteiger partial charge in [0.15, 0.2) is 0 Å². The number of hydrogen-bond donors (Lipinski definition) is 1. The SMILES string of the molecule is CCOC(C)CNCCCOCCOC. The molecule has 0 aliphatic heterocycles. The predicted molar refractivity (Wildman–Crippen MR) is 61.3 cm³/mol. The molecule has 0 aliphatic carbocycles. The zero-order valence-corrected chi connectivity index (χ0v) is 10.3. The predicted octanol–water partition coefficient (Wildman–Crippen LogP) is 1.05. The molecule has 0 bridgehead atoms. The summed E-state index contributed by atoms with van der Waals surface area (Å²) < 4.78 is 15.6. The smallest absolute Gasteiger partial charge is 0.0700 e. The number of methoxy groups -OCH3 is 1. The Bertz CT molecular complexity index is 122. The van der Waals surface area contributed by atoms with E-state index in [0.717, 1.165) is 32.7 Å². The van der Waals surface area contributed by atoms with E-state index in [1.165, 1.54) is 0 Å². The summed E-state index contributed by atoms with van der Waals surface area (Å²) in [4.78, 5) is 0. The fourth-order valence-electron chi connectivity index (χ4n) is 1.19. The van der Waals surface area contributed by atoms with Gasteiger partial charge in [-0.2, -0.15) is 0 Å². The Kier molecular flexibility index (Phi) is 11.8. The molecular formula is C11H25NO3. The van der Waals surface area contributed by atoms with Gasteiger partial charge >= 0.3 is 0 Å². The maximum atomic E-state index is 5.39. The van der Waals surface area contributed by atoms with Crippen molar-refractivity contribution in [1.82, 2.24) is 5.32 Å². The van der Waals surface area contributed by atoms with Crippen LogP contribution in [0.2, 0.25) is 0 Å². The van der Waals surface area contributed by atoms with E-state index in [1.54, 1.807) is 7.11 Å². The molecule has 4 nitrogen and oxygen atoms in total. The zero-order valence-electron chi connectivity index (χ0n) is 10.3. The number of ether oxygens (including phenoxy) is 3. The Morgan fingerprint density at radius 1 is 1.20 bits per heavy atom. The first-order valence-electron chi connectivity index (χ1n) is 5.70. The molecule has 0 aromatic carbocycles. The van der Waals surface area contributed by atoms with E-state index in [4.69, 9.17) is 14.2 Å². The summed E-state index contributed by atoms with van der Waals surface area (Å²) in [5.74, 6) is 0. The zero-order chi connectivity index (χ0) is 11.4. The van der Waals surface area contributed by atoms with Crippen molar-refractivity contribution in [3.63, 3.8) is 0 Å². The molecule has 4 heteroatoms. The van der Waals surface area contributed by atoms with Gasteiger partial charge in [0.25, 0.3) is 0 Å². The summed E-state index contributed by atoms with van der Waals surface area (Å²) in [6, 6.07) is 0. The summed E-state index contributed by atoms with van der Waals surface area (Å²) >= 11 is 0. The molecule has 0 rings (SSSR count). The van der Waals surface area contributed by atoms with Crippen LogP contribution in [-0.2, 0) is 14.2 Å². The van der Waals surface area contributed by atoms with Crippen LogP contribution in [0.15, 0.2) is 0 Å². The van der Waals surface area contributed by atoms with Crippen molar-refractivity contribution in [3.8, 4) is 0 Å². The first-order chi connectivity index (χ1) is 7.31. The lowest BCUT2D eigenvalue weighted by Gasteiger charge is -2.12. The molecular weight excluding hydrogens is 194 g/mol. The van der Waals surface area contributed by atoms with Gasteiger partial charge in [-0.1, -0.05) is 0 Å². The van der Waals surface area contributed by atoms with Crippen molar-refractivity contribution in [3.05, 3.63) is 0 Å². The van der Waals surface area contributed by atoms with Gasteiger partial charge in [0, 0.05) is 26.9 Å². The monoisotopic (exact) mass is 219 g/mol. The topological polar surface area (TPSA) is 39.7 Å². The quantitative estimate of drug-likeness (QED) is 0.527. The standard InChI is InChI=1S/C11H25NO3/c1-4-15-11(2)10-12-6-5-7-14-9-8-13-3/h11-12H,4-10H2,1-3H3. The molecule has 0 saturated heterocycles. The summed E-state index contributed by atoms with van der Waals surface area (Å²) in [6.07, 6.45) is 1.33. The maximum Gasteiger partial charge on any atom is 0.0700 e. The molecule has 1 atom stereocenters. The molecule has 0 fully saturated rings. The first-order valence-corrected chi connectivity index (χ1v) is 5.70. The Morgan fingerprint density at radius 2 is 2.00 bits per heavy atom. The van der Waals surface area contributed by atoms with Crippen LogP contribution in [0.3, 0.4) is 0 Å². The largest absolute Gasteiger partial charge is 0.382 e. The van der Waals surface area contributed by atoms with Crippen LogP contribution < -0.4 is 5.32 Å². The van der Waals surface area contributed by atoms with E-state index in [-0.39, 0.29) is 0 Å². The highest BCUT2D eigenvalue weighted by molar-refractivity contribution is 4.54. The van der Waals surface area contributed by atoms with Crippen LogP contribution in [-0.4, -0.2) is 52.7 Å². The van der Waals surface area contributed by atoms with Gasteiger partial charge in [0.2, 0.25) is 0 Å². The minimum absolute atomic E-state index is 0.296. The normalized spacial score (nSPS) is 13.0. The van der Waals surface area contributed by atoms with Gasteiger partial charge in [-0.15, -0.1) is 0 Å². The second-order valence-electron chi connectivity index (χ2n) is 3.43. The Hall–Kier alpha value is -0.160. The lowest BCUT2D eigenvalue weighted by Crippen LogP contribution is -2.28. The van der Waals surface area contributed by atoms with E-state index in [1.807, 2.05) is 6.92 Å². The van der Waals surface area contributed by atoms with Crippen LogP contribution in [0.1, 0.15) is 20.3 Å². The minimum atomic E-state index is 0.296. The van der Waals surface area contributed by atoms with Crippen LogP contribution in [0, 0.1) is 0 Å². The van der Waals surface area contributed by atoms with Gasteiger partial charge in [-0.05, 0) is 26.8 Å². The van der Waals surface area contributed by atoms with E-state index < -0.39 is 0 Å². The summed E-state index contributed by atoms with van der Waals surface area (Å²) in [6.45, 7) is 8.91. The molecule has 0 aromatic heterocycles. The molecule has 1 N–H and O–H groups in total. The Balaban J connectivity index is 2.98. The molecule has 0 heterocycles. The number of rotatable bonds is 11. The molecule has 0 amide bonds. The highest BCUT2D eigenvalue weighted by atomic mass is 16.5. The third-order valence-electron chi connectivity index (χ3n) is 1.96. The summed E-state index contributed by atoms with van der Waals surface area (Å²) in [5.41, 5.74) is 0. The van der Waals surface area contributed by atoms with Crippen molar-refractivity contribution in [1.29, 1.82) is 0 Å². The van der Waals surface area contributed by atoms with E-state index in [2.05, 4.69) is 12.2 Å². The lowest BCUT2D eigenvalue weighted by molar-refractivity contribution is 0.0656. The third-order valence-corrected chi connectivity index (χ3v) is 1.96. The molecule has 15 heavy (non-hydrogen) atoms. The van der Waals surface area contributed by atoms with E-state index in [9.17, 15) is 0 Å². The van der Waals surface area contributed by atoms with Crippen molar-refractivity contribution in [2.75, 3.05) is 46.6 Å². The molecule has 0 aliphatic rings. The fraction of sp³-hybridized carbons (Fsp3) is 1.00. The van der Waals surface area contributed by atoms with Gasteiger partial charge in [0.1, 0.15) is 0 Å². The Labute approximate surface area is 93.3 Å². The molecule has 1 unspecified atom stereocenters. The van der Waals surface area contributed by atoms with Crippen molar-refractivity contribution in [2.45, 2.75) is 26.4 Å². The van der Waals surface area contributed by atoms with E-state index >= 15 is 0 Å². The minimum Gasteiger partial charge on any atom is -0.382 e. The van der Waals surface area contributed by atoms with Crippen molar-refractivity contribution in [2.24, 2.45) is 0 Å². The summed E-state index contributed by atoms with van der Waals surface area (Å²) in [5, 5.41) is 3.32. The highest BCUT2D eigenvalue weighted by Crippen LogP contribution is 1.88.